The van der Waals surface area contributed by atoms with Crippen molar-refractivity contribution in [1.29, 1.82) is 10.5 Å². The van der Waals surface area contributed by atoms with Gasteiger partial charge in [-0.25, -0.2) is 10.2 Å². The van der Waals surface area contributed by atoms with Crippen molar-refractivity contribution in [1.82, 2.24) is 5.43 Å². The normalized spacial score (nSPS) is 12.3. The zero-order chi connectivity index (χ0) is 20.0. The molecule has 3 N–H and O–H groups in total. The number of aryl methyl sites for hydroxylation is 3. The second kappa shape index (κ2) is 8.98. The molecule has 1 aromatic carbocycles. The molecule has 1 atom stereocenters. The van der Waals surface area contributed by atoms with E-state index in [-0.39, 0.29) is 5.92 Å². The molecule has 2 rings (SSSR count). The SMILES string of the molecule is Cc1cc(C)c(C(C/C(=N/NC(N)=O)c2cccs2)C(C#N)C#N)c(C)c1. The van der Waals surface area contributed by atoms with Crippen molar-refractivity contribution in [3.8, 4) is 12.1 Å². The van der Waals surface area contributed by atoms with Gasteiger partial charge in [0, 0.05) is 12.3 Å². The van der Waals surface area contributed by atoms with Crippen LogP contribution in [0.4, 0.5) is 4.79 Å². The highest BCUT2D eigenvalue weighted by molar-refractivity contribution is 7.12. The Morgan fingerprint density at radius 1 is 1.26 bits per heavy atom. The zero-order valence-corrected chi connectivity index (χ0v) is 16.3. The minimum Gasteiger partial charge on any atom is -0.350 e. The maximum Gasteiger partial charge on any atom is 0.332 e. The van der Waals surface area contributed by atoms with Crippen molar-refractivity contribution < 1.29 is 4.79 Å². The van der Waals surface area contributed by atoms with E-state index in [1.54, 1.807) is 0 Å². The van der Waals surface area contributed by atoms with Gasteiger partial charge in [-0.1, -0.05) is 23.8 Å². The molecule has 6 nitrogen and oxygen atoms in total. The van der Waals surface area contributed by atoms with Crippen LogP contribution in [-0.2, 0) is 0 Å². The minimum absolute atomic E-state index is 0.331. The van der Waals surface area contributed by atoms with Crippen LogP contribution in [0.3, 0.4) is 0 Å². The van der Waals surface area contributed by atoms with E-state index in [2.05, 4.69) is 22.7 Å². The summed E-state index contributed by atoms with van der Waals surface area (Å²) in [5.41, 5.74) is 12.2. The molecule has 1 heterocycles. The second-order valence-electron chi connectivity index (χ2n) is 6.37. The van der Waals surface area contributed by atoms with E-state index < -0.39 is 11.9 Å². The van der Waals surface area contributed by atoms with Crippen molar-refractivity contribution in [3.63, 3.8) is 0 Å². The van der Waals surface area contributed by atoms with E-state index in [1.165, 1.54) is 11.3 Å². The smallest absolute Gasteiger partial charge is 0.332 e. The third-order valence-corrected chi connectivity index (χ3v) is 5.23. The number of nitrogens with two attached hydrogens (primary N) is 1. The number of nitrogens with one attached hydrogen (secondary N) is 1. The summed E-state index contributed by atoms with van der Waals surface area (Å²) < 4.78 is 0. The average molecular weight is 379 g/mol. The molecule has 1 aromatic heterocycles. The van der Waals surface area contributed by atoms with Crippen LogP contribution in [0.2, 0.25) is 0 Å². The number of carbonyl (C=O) groups excluding carboxylic acids is 1. The third kappa shape index (κ3) is 4.93. The number of rotatable bonds is 6. The van der Waals surface area contributed by atoms with E-state index >= 15 is 0 Å². The Kier molecular flexibility index (Phi) is 6.70. The number of hydrogen-bond acceptors (Lipinski definition) is 5. The van der Waals surface area contributed by atoms with Crippen molar-refractivity contribution in [2.45, 2.75) is 33.1 Å². The minimum atomic E-state index is -0.844. The summed E-state index contributed by atoms with van der Waals surface area (Å²) in [6.07, 6.45) is 0.331. The number of amides is 2. The molecule has 0 saturated heterocycles. The lowest BCUT2D eigenvalue weighted by Crippen LogP contribution is -2.27. The standard InChI is InChI=1S/C20H21N5OS/c1-12-7-13(2)19(14(3)8-12)16(15(10-21)11-22)9-17(24-25-20(23)26)18-5-4-6-27-18/h4-8,15-16H,9H2,1-3H3,(H3,23,25,26)/b24-17-. The Morgan fingerprint density at radius 3 is 2.37 bits per heavy atom. The second-order valence-corrected chi connectivity index (χ2v) is 7.32. The predicted octanol–water partition coefficient (Wildman–Crippen LogP) is 3.88. The molecule has 138 valence electrons. The lowest BCUT2D eigenvalue weighted by atomic mass is 9.79. The quantitative estimate of drug-likeness (QED) is 0.586. The maximum atomic E-state index is 11.1. The lowest BCUT2D eigenvalue weighted by molar-refractivity contribution is 0.249. The summed E-state index contributed by atoms with van der Waals surface area (Å²) in [5, 5.41) is 25.2. The van der Waals surface area contributed by atoms with Gasteiger partial charge >= 0.3 is 6.03 Å². The molecule has 27 heavy (non-hydrogen) atoms. The first kappa shape index (κ1) is 20.2. The van der Waals surface area contributed by atoms with E-state index in [0.717, 1.165) is 27.1 Å². The number of urea groups is 1. The molecule has 0 fully saturated rings. The topological polar surface area (TPSA) is 115 Å². The molecule has 0 aliphatic carbocycles. The maximum absolute atomic E-state index is 11.1. The number of hydrazone groups is 1. The Bertz CT molecular complexity index is 897. The van der Waals surface area contributed by atoms with Crippen LogP contribution in [-0.4, -0.2) is 11.7 Å². The van der Waals surface area contributed by atoms with Gasteiger partial charge in [0.1, 0.15) is 5.92 Å². The summed E-state index contributed by atoms with van der Waals surface area (Å²) in [4.78, 5) is 12.0. The molecule has 0 aliphatic rings. The fourth-order valence-corrected chi connectivity index (χ4v) is 4.07. The van der Waals surface area contributed by atoms with Gasteiger partial charge in [-0.05, 0) is 48.9 Å². The highest BCUT2D eigenvalue weighted by Gasteiger charge is 2.28. The van der Waals surface area contributed by atoms with Crippen LogP contribution < -0.4 is 11.2 Å². The van der Waals surface area contributed by atoms with Gasteiger partial charge in [-0.3, -0.25) is 0 Å². The molecule has 0 spiro atoms. The zero-order valence-electron chi connectivity index (χ0n) is 15.5. The molecule has 0 radical (unpaired) electrons. The number of nitrogens with zero attached hydrogens (tertiary/aromatic N) is 3. The molecule has 0 bridgehead atoms. The van der Waals surface area contributed by atoms with Crippen molar-refractivity contribution >= 4 is 23.1 Å². The van der Waals surface area contributed by atoms with E-state index in [1.807, 2.05) is 50.4 Å². The van der Waals surface area contributed by atoms with E-state index in [4.69, 9.17) is 5.73 Å². The van der Waals surface area contributed by atoms with E-state index in [9.17, 15) is 15.3 Å². The Hall–Kier alpha value is -3.16. The molecule has 1 unspecified atom stereocenters. The van der Waals surface area contributed by atoms with Crippen molar-refractivity contribution in [3.05, 3.63) is 56.8 Å². The molecular weight excluding hydrogens is 358 g/mol. The largest absolute Gasteiger partial charge is 0.350 e. The number of hydrogen-bond donors (Lipinski definition) is 2. The van der Waals surface area contributed by atoms with Crippen molar-refractivity contribution in [2.24, 2.45) is 16.8 Å². The summed E-state index contributed by atoms with van der Waals surface area (Å²) in [6, 6.07) is 11.3. The lowest BCUT2D eigenvalue weighted by Gasteiger charge is -2.23. The van der Waals surface area contributed by atoms with Crippen molar-refractivity contribution in [2.75, 3.05) is 0 Å². The monoisotopic (exact) mass is 379 g/mol. The van der Waals surface area contributed by atoms with Crippen LogP contribution in [0, 0.1) is 49.4 Å². The molecule has 2 amide bonds. The summed E-state index contributed by atoms with van der Waals surface area (Å²) >= 11 is 1.47. The molecule has 0 aliphatic heterocycles. The summed E-state index contributed by atoms with van der Waals surface area (Å²) in [6.45, 7) is 5.98. The Balaban J connectivity index is 2.55. The van der Waals surface area contributed by atoms with E-state index in [0.29, 0.717) is 12.1 Å². The van der Waals surface area contributed by atoms with Gasteiger partial charge in [-0.2, -0.15) is 15.6 Å². The first-order valence-corrected chi connectivity index (χ1v) is 9.28. The van der Waals surface area contributed by atoms with Gasteiger partial charge in [0.2, 0.25) is 0 Å². The number of thiophene rings is 1. The van der Waals surface area contributed by atoms with Gasteiger partial charge in [0.05, 0.1) is 22.7 Å². The van der Waals surface area contributed by atoms with Gasteiger partial charge in [0.15, 0.2) is 0 Å². The first-order chi connectivity index (χ1) is 12.9. The fourth-order valence-electron chi connectivity index (χ4n) is 3.35. The average Bonchev–Trinajstić information content (AvgIpc) is 3.12. The Morgan fingerprint density at radius 2 is 1.89 bits per heavy atom. The highest BCUT2D eigenvalue weighted by atomic mass is 32.1. The molecule has 0 saturated carbocycles. The number of carbonyl (C=O) groups is 1. The van der Waals surface area contributed by atoms with Crippen LogP contribution in [0.1, 0.15) is 39.5 Å². The summed E-state index contributed by atoms with van der Waals surface area (Å²) in [7, 11) is 0. The number of benzene rings is 1. The summed E-state index contributed by atoms with van der Waals surface area (Å²) in [5.74, 6) is -1.22. The Labute approximate surface area is 162 Å². The third-order valence-electron chi connectivity index (χ3n) is 4.31. The van der Waals surface area contributed by atoms with Gasteiger partial charge < -0.3 is 5.73 Å². The number of primary amides is 1. The van der Waals surface area contributed by atoms with Gasteiger partial charge in [0.25, 0.3) is 0 Å². The predicted molar refractivity (Wildman–Crippen MR) is 106 cm³/mol. The van der Waals surface area contributed by atoms with Crippen LogP contribution in [0.25, 0.3) is 0 Å². The van der Waals surface area contributed by atoms with Gasteiger partial charge in [-0.15, -0.1) is 11.3 Å². The van der Waals surface area contributed by atoms with Crippen LogP contribution >= 0.6 is 11.3 Å². The van der Waals surface area contributed by atoms with Crippen LogP contribution in [0.5, 0.6) is 0 Å². The molecular formula is C20H21N5OS. The highest BCUT2D eigenvalue weighted by Crippen LogP contribution is 2.35. The molecule has 2 aromatic rings. The van der Waals surface area contributed by atoms with Crippen LogP contribution in [0.15, 0.2) is 34.7 Å². The first-order valence-electron chi connectivity index (χ1n) is 8.40. The molecule has 7 heteroatoms. The number of nitriles is 2. The fraction of sp³-hybridized carbons (Fsp3) is 0.300.